The molecule has 0 aromatic carbocycles. The van der Waals surface area contributed by atoms with E-state index in [4.69, 9.17) is 11.6 Å². The third kappa shape index (κ3) is 3.60. The van der Waals surface area contributed by atoms with E-state index in [9.17, 15) is 13.2 Å². The van der Waals surface area contributed by atoms with Gasteiger partial charge in [-0.05, 0) is 24.3 Å². The number of hydrogen-bond acceptors (Lipinski definition) is 4. The molecule has 0 radical (unpaired) electrons. The van der Waals surface area contributed by atoms with E-state index in [-0.39, 0.29) is 10.1 Å². The van der Waals surface area contributed by atoms with Crippen molar-refractivity contribution in [1.82, 2.24) is 14.2 Å². The molecule has 1 amide bonds. The van der Waals surface area contributed by atoms with Crippen LogP contribution in [-0.2, 0) is 21.2 Å². The topological polar surface area (TPSA) is 73.5 Å². The standard InChI is InChI=1S/C14H16ClN3O3S2/c15-12-3-4-14(22-12)23(20,21)18-8-6-17(7-9-18)13(19)10-11-2-1-5-16-11/h1-5,16H,6-10H2. The van der Waals surface area contributed by atoms with Crippen molar-refractivity contribution < 1.29 is 13.2 Å². The summed E-state index contributed by atoms with van der Waals surface area (Å²) in [4.78, 5) is 16.9. The first-order valence-corrected chi connectivity index (χ1v) is 9.76. The van der Waals surface area contributed by atoms with E-state index < -0.39 is 10.0 Å². The van der Waals surface area contributed by atoms with Gasteiger partial charge in [-0.1, -0.05) is 11.6 Å². The molecule has 2 aromatic heterocycles. The summed E-state index contributed by atoms with van der Waals surface area (Å²) in [5.74, 6) is 0.00339. The second-order valence-corrected chi connectivity index (χ2v) is 9.10. The number of aromatic amines is 1. The Morgan fingerprint density at radius 3 is 2.52 bits per heavy atom. The summed E-state index contributed by atoms with van der Waals surface area (Å²) >= 11 is 6.87. The van der Waals surface area contributed by atoms with Crippen LogP contribution < -0.4 is 0 Å². The molecule has 0 aliphatic carbocycles. The molecular formula is C14H16ClN3O3S2. The zero-order valence-corrected chi connectivity index (χ0v) is 14.6. The van der Waals surface area contributed by atoms with Gasteiger partial charge in [0.05, 0.1) is 10.8 Å². The summed E-state index contributed by atoms with van der Waals surface area (Å²) in [5, 5.41) is 0. The van der Waals surface area contributed by atoms with E-state index in [0.717, 1.165) is 17.0 Å². The smallest absolute Gasteiger partial charge is 0.252 e. The molecule has 1 saturated heterocycles. The van der Waals surface area contributed by atoms with Crippen molar-refractivity contribution in [3.63, 3.8) is 0 Å². The Kier molecular flexibility index (Phi) is 4.77. The van der Waals surface area contributed by atoms with Crippen LogP contribution >= 0.6 is 22.9 Å². The zero-order valence-electron chi connectivity index (χ0n) is 12.2. The highest BCUT2D eigenvalue weighted by Crippen LogP contribution is 2.28. The van der Waals surface area contributed by atoms with Gasteiger partial charge in [-0.3, -0.25) is 4.79 Å². The van der Waals surface area contributed by atoms with Gasteiger partial charge in [0.1, 0.15) is 4.21 Å². The van der Waals surface area contributed by atoms with E-state index in [1.165, 1.54) is 10.4 Å². The van der Waals surface area contributed by atoms with Crippen molar-refractivity contribution in [1.29, 1.82) is 0 Å². The number of thiophene rings is 1. The molecule has 0 atom stereocenters. The van der Waals surface area contributed by atoms with Crippen LogP contribution in [0.2, 0.25) is 4.34 Å². The number of nitrogens with one attached hydrogen (secondary N) is 1. The molecule has 1 N–H and O–H groups in total. The summed E-state index contributed by atoms with van der Waals surface area (Å²) in [7, 11) is -3.52. The maximum atomic E-state index is 12.5. The van der Waals surface area contributed by atoms with Gasteiger partial charge in [0.25, 0.3) is 10.0 Å². The molecule has 6 nitrogen and oxygen atoms in total. The van der Waals surface area contributed by atoms with E-state index in [1.807, 2.05) is 12.1 Å². The molecule has 9 heteroatoms. The predicted molar refractivity (Wildman–Crippen MR) is 89.2 cm³/mol. The Bertz CT molecular complexity index is 778. The zero-order chi connectivity index (χ0) is 16.4. The van der Waals surface area contributed by atoms with Crippen molar-refractivity contribution >= 4 is 38.9 Å². The van der Waals surface area contributed by atoms with E-state index in [1.54, 1.807) is 17.2 Å². The molecule has 2 aromatic rings. The molecule has 1 fully saturated rings. The monoisotopic (exact) mass is 373 g/mol. The number of sulfonamides is 1. The minimum absolute atomic E-state index is 0.00339. The van der Waals surface area contributed by atoms with Crippen molar-refractivity contribution in [3.05, 3.63) is 40.5 Å². The van der Waals surface area contributed by atoms with Crippen LogP contribution in [0.5, 0.6) is 0 Å². The normalized spacial score (nSPS) is 16.7. The van der Waals surface area contributed by atoms with Crippen LogP contribution in [-0.4, -0.2) is 54.7 Å². The second kappa shape index (κ2) is 6.64. The number of nitrogens with zero attached hydrogens (tertiary/aromatic N) is 2. The molecule has 1 aliphatic rings. The SMILES string of the molecule is O=C(Cc1ccc[nH]1)N1CCN(S(=O)(=O)c2ccc(Cl)s2)CC1. The Balaban J connectivity index is 1.61. The highest BCUT2D eigenvalue weighted by Gasteiger charge is 2.31. The first-order chi connectivity index (χ1) is 11.0. The Labute approximate surface area is 143 Å². The summed E-state index contributed by atoms with van der Waals surface area (Å²) in [6.45, 7) is 1.40. The number of H-pyrrole nitrogens is 1. The van der Waals surface area contributed by atoms with Crippen molar-refractivity contribution in [2.24, 2.45) is 0 Å². The average Bonchev–Trinajstić information content (AvgIpc) is 3.19. The molecule has 1 aliphatic heterocycles. The van der Waals surface area contributed by atoms with Crippen molar-refractivity contribution in [2.75, 3.05) is 26.2 Å². The molecule has 0 spiro atoms. The van der Waals surface area contributed by atoms with E-state index in [0.29, 0.717) is 36.9 Å². The fourth-order valence-electron chi connectivity index (χ4n) is 2.49. The van der Waals surface area contributed by atoms with Gasteiger partial charge in [0, 0.05) is 38.1 Å². The van der Waals surface area contributed by atoms with Crippen LogP contribution in [0, 0.1) is 0 Å². The van der Waals surface area contributed by atoms with Gasteiger partial charge in [-0.15, -0.1) is 11.3 Å². The molecule has 0 bridgehead atoms. The molecule has 0 saturated carbocycles. The number of piperazine rings is 1. The summed E-state index contributed by atoms with van der Waals surface area (Å²) in [6.07, 6.45) is 2.08. The van der Waals surface area contributed by atoms with Crippen molar-refractivity contribution in [3.8, 4) is 0 Å². The Morgan fingerprint density at radius 1 is 1.22 bits per heavy atom. The number of halogens is 1. The molecule has 3 rings (SSSR count). The molecule has 23 heavy (non-hydrogen) atoms. The largest absolute Gasteiger partial charge is 0.365 e. The number of carbonyl (C=O) groups is 1. The Morgan fingerprint density at radius 2 is 1.96 bits per heavy atom. The van der Waals surface area contributed by atoms with Crippen LogP contribution in [0.4, 0.5) is 0 Å². The number of carbonyl (C=O) groups excluding carboxylic acids is 1. The highest BCUT2D eigenvalue weighted by molar-refractivity contribution is 7.91. The average molecular weight is 374 g/mol. The van der Waals surface area contributed by atoms with E-state index >= 15 is 0 Å². The van der Waals surface area contributed by atoms with Gasteiger partial charge in [0.2, 0.25) is 5.91 Å². The number of rotatable bonds is 4. The van der Waals surface area contributed by atoms with Crippen LogP contribution in [0.15, 0.2) is 34.7 Å². The summed E-state index contributed by atoms with van der Waals surface area (Å²) < 4.78 is 27.1. The van der Waals surface area contributed by atoms with Crippen LogP contribution in [0.1, 0.15) is 5.69 Å². The third-order valence-corrected chi connectivity index (χ3v) is 7.34. The van der Waals surface area contributed by atoms with Crippen LogP contribution in [0.25, 0.3) is 0 Å². The minimum atomic E-state index is -3.52. The fraction of sp³-hybridized carbons (Fsp3) is 0.357. The number of amides is 1. The summed E-state index contributed by atoms with van der Waals surface area (Å²) in [5.41, 5.74) is 0.860. The fourth-order valence-corrected chi connectivity index (χ4v) is 5.55. The number of aromatic nitrogens is 1. The number of hydrogen-bond donors (Lipinski definition) is 1. The first kappa shape index (κ1) is 16.5. The third-order valence-electron chi connectivity index (χ3n) is 3.74. The van der Waals surface area contributed by atoms with Crippen LogP contribution in [0.3, 0.4) is 0 Å². The van der Waals surface area contributed by atoms with Gasteiger partial charge < -0.3 is 9.88 Å². The van der Waals surface area contributed by atoms with Gasteiger partial charge >= 0.3 is 0 Å². The van der Waals surface area contributed by atoms with Gasteiger partial charge in [-0.2, -0.15) is 4.31 Å². The highest BCUT2D eigenvalue weighted by atomic mass is 35.5. The lowest BCUT2D eigenvalue weighted by molar-refractivity contribution is -0.131. The first-order valence-electron chi connectivity index (χ1n) is 7.12. The minimum Gasteiger partial charge on any atom is -0.365 e. The molecular weight excluding hydrogens is 358 g/mol. The lowest BCUT2D eigenvalue weighted by Crippen LogP contribution is -2.50. The van der Waals surface area contributed by atoms with Crippen molar-refractivity contribution in [2.45, 2.75) is 10.6 Å². The van der Waals surface area contributed by atoms with Gasteiger partial charge in [-0.25, -0.2) is 8.42 Å². The lowest BCUT2D eigenvalue weighted by Gasteiger charge is -2.33. The maximum absolute atomic E-state index is 12.5. The molecule has 0 unspecified atom stereocenters. The van der Waals surface area contributed by atoms with E-state index in [2.05, 4.69) is 4.98 Å². The molecule has 3 heterocycles. The maximum Gasteiger partial charge on any atom is 0.252 e. The Hall–Kier alpha value is -1.35. The summed E-state index contributed by atoms with van der Waals surface area (Å²) in [6, 6.07) is 6.80. The predicted octanol–water partition coefficient (Wildman–Crippen LogP) is 1.81. The second-order valence-electron chi connectivity index (χ2n) is 5.22. The van der Waals surface area contributed by atoms with Gasteiger partial charge in [0.15, 0.2) is 0 Å². The lowest BCUT2D eigenvalue weighted by atomic mass is 10.2. The molecule has 124 valence electrons. The quantitative estimate of drug-likeness (QED) is 0.888.